The number of hydrogen-bond donors (Lipinski definition) is 0. The molecule has 0 radical (unpaired) electrons. The Morgan fingerprint density at radius 3 is 2.42 bits per heavy atom. The van der Waals surface area contributed by atoms with Gasteiger partial charge in [-0.3, -0.25) is 14.5 Å². The first-order valence-corrected chi connectivity index (χ1v) is 7.90. The fraction of sp³-hybridized carbons (Fsp3) is 0.316. The van der Waals surface area contributed by atoms with Crippen LogP contribution in [0, 0.1) is 16.7 Å². The third-order valence-electron chi connectivity index (χ3n) is 4.58. The molecule has 1 aliphatic heterocycles. The molecule has 0 unspecified atom stereocenters. The molecule has 1 atom stereocenters. The van der Waals surface area contributed by atoms with Gasteiger partial charge in [-0.25, -0.2) is 0 Å². The van der Waals surface area contributed by atoms with Crippen LogP contribution in [0.1, 0.15) is 40.0 Å². The van der Waals surface area contributed by atoms with Gasteiger partial charge in [-0.1, -0.05) is 18.2 Å². The number of ether oxygens (including phenoxy) is 1. The van der Waals surface area contributed by atoms with Gasteiger partial charge in [0.05, 0.1) is 29.7 Å². The second kappa shape index (κ2) is 6.32. The van der Waals surface area contributed by atoms with E-state index in [0.717, 1.165) is 5.76 Å². The topological polar surface area (TPSA) is 70.4 Å². The predicted molar refractivity (Wildman–Crippen MR) is 87.9 cm³/mol. The van der Waals surface area contributed by atoms with Gasteiger partial charge in [0, 0.05) is 6.54 Å². The zero-order valence-electron chi connectivity index (χ0n) is 13.5. The highest BCUT2D eigenvalue weighted by Gasteiger charge is 2.35. The summed E-state index contributed by atoms with van der Waals surface area (Å²) >= 11 is 0. The van der Waals surface area contributed by atoms with Gasteiger partial charge < -0.3 is 4.74 Å². The minimum Gasteiger partial charge on any atom is -0.497 e. The first-order valence-electron chi connectivity index (χ1n) is 7.90. The van der Waals surface area contributed by atoms with Crippen molar-refractivity contribution in [3.63, 3.8) is 0 Å². The summed E-state index contributed by atoms with van der Waals surface area (Å²) in [6.07, 6.45) is 7.29. The molecule has 2 aliphatic rings. The van der Waals surface area contributed by atoms with Gasteiger partial charge >= 0.3 is 0 Å². The molecule has 1 aromatic carbocycles. The van der Waals surface area contributed by atoms with Crippen LogP contribution < -0.4 is 0 Å². The lowest BCUT2D eigenvalue weighted by atomic mass is 9.79. The van der Waals surface area contributed by atoms with Gasteiger partial charge in [0.15, 0.2) is 0 Å². The molecule has 1 aliphatic carbocycles. The number of imide groups is 1. The summed E-state index contributed by atoms with van der Waals surface area (Å²) in [7, 11) is 1.60. The Kier molecular flexibility index (Phi) is 4.22. The largest absolute Gasteiger partial charge is 0.497 e. The van der Waals surface area contributed by atoms with Crippen LogP contribution in [-0.4, -0.2) is 30.4 Å². The lowest BCUT2D eigenvalue weighted by Crippen LogP contribution is -2.31. The summed E-state index contributed by atoms with van der Waals surface area (Å²) in [6, 6.07) is 9.21. The maximum atomic E-state index is 12.3. The zero-order valence-corrected chi connectivity index (χ0v) is 13.5. The predicted octanol–water partition coefficient (Wildman–Crippen LogP) is 3.06. The molecule has 5 nitrogen and oxygen atoms in total. The van der Waals surface area contributed by atoms with Crippen molar-refractivity contribution in [3.05, 3.63) is 59.4 Å². The molecule has 0 aromatic heterocycles. The van der Waals surface area contributed by atoms with Gasteiger partial charge in [-0.15, -0.1) is 0 Å². The molecule has 3 rings (SSSR count). The molecule has 24 heavy (non-hydrogen) atoms. The van der Waals surface area contributed by atoms with E-state index in [4.69, 9.17) is 4.74 Å². The molecule has 0 saturated heterocycles. The molecule has 1 heterocycles. The monoisotopic (exact) mass is 322 g/mol. The summed E-state index contributed by atoms with van der Waals surface area (Å²) in [5.74, 6) is 0.256. The molecule has 0 fully saturated rings. The van der Waals surface area contributed by atoms with Gasteiger partial charge in [0.2, 0.25) is 0 Å². The van der Waals surface area contributed by atoms with E-state index in [1.54, 1.807) is 37.5 Å². The fourth-order valence-electron chi connectivity index (χ4n) is 3.13. The number of allylic oxidation sites excluding steroid dienone is 3. The number of nitrogens with zero attached hydrogens (tertiary/aromatic N) is 2. The molecular weight excluding hydrogens is 304 g/mol. The number of carbonyl (C=O) groups excluding carboxylic acids is 2. The number of fused-ring (bicyclic) bond motifs is 1. The molecule has 122 valence electrons. The van der Waals surface area contributed by atoms with Gasteiger partial charge in [-0.05, 0) is 43.5 Å². The Balaban J connectivity index is 1.63. The van der Waals surface area contributed by atoms with E-state index in [9.17, 15) is 14.9 Å². The van der Waals surface area contributed by atoms with Gasteiger partial charge in [0.1, 0.15) is 5.76 Å². The number of hydrogen-bond acceptors (Lipinski definition) is 4. The Hall–Kier alpha value is -2.87. The van der Waals surface area contributed by atoms with E-state index >= 15 is 0 Å². The number of rotatable bonds is 5. The second-order valence-corrected chi connectivity index (χ2v) is 6.03. The van der Waals surface area contributed by atoms with Crippen LogP contribution in [0.3, 0.4) is 0 Å². The van der Waals surface area contributed by atoms with E-state index in [2.05, 4.69) is 6.07 Å². The van der Waals surface area contributed by atoms with E-state index in [-0.39, 0.29) is 11.8 Å². The molecule has 0 bridgehead atoms. The van der Waals surface area contributed by atoms with Gasteiger partial charge in [0.25, 0.3) is 11.8 Å². The molecule has 1 aromatic rings. The highest BCUT2D eigenvalue weighted by molar-refractivity contribution is 6.21. The van der Waals surface area contributed by atoms with Crippen molar-refractivity contribution in [1.82, 2.24) is 4.90 Å². The first kappa shape index (κ1) is 16.0. The summed E-state index contributed by atoms with van der Waals surface area (Å²) in [4.78, 5) is 25.9. The van der Waals surface area contributed by atoms with Crippen LogP contribution in [0.2, 0.25) is 0 Å². The van der Waals surface area contributed by atoms with Crippen molar-refractivity contribution in [3.8, 4) is 6.07 Å². The lowest BCUT2D eigenvalue weighted by Gasteiger charge is -2.25. The van der Waals surface area contributed by atoms with Crippen LogP contribution in [0.5, 0.6) is 0 Å². The molecular formula is C19H18N2O3. The Bertz CT molecular complexity index is 753. The molecule has 0 N–H and O–H groups in total. The number of methoxy groups -OCH3 is 1. The molecule has 0 saturated carbocycles. The van der Waals surface area contributed by atoms with E-state index < -0.39 is 5.41 Å². The minimum absolute atomic E-state index is 0.248. The Labute approximate surface area is 140 Å². The third kappa shape index (κ3) is 2.71. The average molecular weight is 322 g/mol. The summed E-state index contributed by atoms with van der Waals surface area (Å²) in [6.45, 7) is 0.324. The summed E-state index contributed by atoms with van der Waals surface area (Å²) < 4.78 is 5.15. The van der Waals surface area contributed by atoms with Crippen molar-refractivity contribution in [2.75, 3.05) is 13.7 Å². The highest BCUT2D eigenvalue weighted by Crippen LogP contribution is 2.34. The Morgan fingerprint density at radius 1 is 1.25 bits per heavy atom. The van der Waals surface area contributed by atoms with E-state index in [0.29, 0.717) is 36.9 Å². The van der Waals surface area contributed by atoms with E-state index in [1.165, 1.54) is 4.90 Å². The number of nitriles is 1. The fourth-order valence-corrected chi connectivity index (χ4v) is 3.13. The van der Waals surface area contributed by atoms with Crippen molar-refractivity contribution in [2.24, 2.45) is 5.41 Å². The number of carbonyl (C=O) groups is 2. The molecule has 0 spiro atoms. The smallest absolute Gasteiger partial charge is 0.261 e. The lowest BCUT2D eigenvalue weighted by molar-refractivity contribution is 0.0649. The molecule has 2 amide bonds. The Morgan fingerprint density at radius 2 is 1.92 bits per heavy atom. The molecule has 5 heteroatoms. The van der Waals surface area contributed by atoms with E-state index in [1.807, 2.05) is 12.2 Å². The van der Waals surface area contributed by atoms with Crippen LogP contribution in [-0.2, 0) is 4.74 Å². The summed E-state index contributed by atoms with van der Waals surface area (Å²) in [5.41, 5.74) is 0.325. The van der Waals surface area contributed by atoms with Crippen LogP contribution in [0.4, 0.5) is 0 Å². The average Bonchev–Trinajstić information content (AvgIpc) is 2.87. The minimum atomic E-state index is -0.597. The normalized spacial score (nSPS) is 22.2. The van der Waals surface area contributed by atoms with Crippen molar-refractivity contribution < 1.29 is 14.3 Å². The SMILES string of the molecule is COC1=CC[C@](C#N)(CCCN2C(=O)c3ccccc3C2=O)C=C1. The van der Waals surface area contributed by atoms with Crippen molar-refractivity contribution in [1.29, 1.82) is 5.26 Å². The number of benzene rings is 1. The van der Waals surface area contributed by atoms with Crippen molar-refractivity contribution in [2.45, 2.75) is 19.3 Å². The zero-order chi connectivity index (χ0) is 17.2. The highest BCUT2D eigenvalue weighted by atomic mass is 16.5. The van der Waals surface area contributed by atoms with Crippen LogP contribution in [0.25, 0.3) is 0 Å². The van der Waals surface area contributed by atoms with Crippen LogP contribution in [0.15, 0.2) is 48.3 Å². The van der Waals surface area contributed by atoms with Crippen LogP contribution >= 0.6 is 0 Å². The maximum Gasteiger partial charge on any atom is 0.261 e. The second-order valence-electron chi connectivity index (χ2n) is 6.03. The third-order valence-corrected chi connectivity index (χ3v) is 4.58. The van der Waals surface area contributed by atoms with Crippen molar-refractivity contribution >= 4 is 11.8 Å². The maximum absolute atomic E-state index is 12.3. The summed E-state index contributed by atoms with van der Waals surface area (Å²) in [5, 5.41) is 9.52. The quantitative estimate of drug-likeness (QED) is 0.781. The standard InChI is InChI=1S/C19H18N2O3/c1-24-14-7-10-19(13-20,11-8-14)9-4-12-21-17(22)15-5-2-3-6-16(15)18(21)23/h2-3,5-8,10H,4,9,11-12H2,1H3/t19-/m0/s1. The number of amides is 2. The first-order chi connectivity index (χ1) is 11.6. The van der Waals surface area contributed by atoms with Gasteiger partial charge in [-0.2, -0.15) is 5.26 Å².